The summed E-state index contributed by atoms with van der Waals surface area (Å²) in [6.07, 6.45) is 0. The summed E-state index contributed by atoms with van der Waals surface area (Å²) in [5.41, 5.74) is 1.20. The van der Waals surface area contributed by atoms with Crippen LogP contribution in [0.4, 0.5) is 0 Å². The molecule has 0 amide bonds. The molecule has 2 bridgehead atoms. The van der Waals surface area contributed by atoms with E-state index in [0.717, 1.165) is 0 Å². The monoisotopic (exact) mass is 274 g/mol. The SMILES string of the molecule is O=C(Cl)c1ccc(C(=O)c2ccc3cc2OO3)cc1. The van der Waals surface area contributed by atoms with Gasteiger partial charge in [0.1, 0.15) is 0 Å². The van der Waals surface area contributed by atoms with Crippen molar-refractivity contribution in [2.75, 3.05) is 0 Å². The summed E-state index contributed by atoms with van der Waals surface area (Å²) < 4.78 is 0. The average molecular weight is 275 g/mol. The van der Waals surface area contributed by atoms with Crippen LogP contribution in [0.15, 0.2) is 42.5 Å². The Morgan fingerprint density at radius 2 is 1.58 bits per heavy atom. The van der Waals surface area contributed by atoms with E-state index in [9.17, 15) is 9.59 Å². The lowest BCUT2D eigenvalue weighted by Crippen LogP contribution is -2.03. The van der Waals surface area contributed by atoms with E-state index in [2.05, 4.69) is 0 Å². The molecule has 1 heterocycles. The van der Waals surface area contributed by atoms with E-state index in [-0.39, 0.29) is 5.78 Å². The van der Waals surface area contributed by atoms with Crippen LogP contribution in [-0.2, 0) is 0 Å². The molecule has 19 heavy (non-hydrogen) atoms. The maximum atomic E-state index is 12.3. The van der Waals surface area contributed by atoms with Gasteiger partial charge in [0.25, 0.3) is 5.24 Å². The van der Waals surface area contributed by atoms with E-state index >= 15 is 0 Å². The number of hydrogen-bond donors (Lipinski definition) is 0. The molecule has 0 spiro atoms. The third-order valence-corrected chi connectivity index (χ3v) is 3.02. The number of ketones is 1. The Morgan fingerprint density at radius 3 is 2.26 bits per heavy atom. The van der Waals surface area contributed by atoms with Gasteiger partial charge in [0.05, 0.1) is 5.56 Å². The van der Waals surface area contributed by atoms with Crippen molar-refractivity contribution >= 4 is 22.6 Å². The highest BCUT2D eigenvalue weighted by atomic mass is 35.5. The molecule has 0 fully saturated rings. The fourth-order valence-electron chi connectivity index (χ4n) is 1.81. The third-order valence-electron chi connectivity index (χ3n) is 2.80. The number of carbonyl (C=O) groups is 2. The Bertz CT molecular complexity index is 676. The zero-order chi connectivity index (χ0) is 13.4. The molecule has 3 rings (SSSR count). The first-order chi connectivity index (χ1) is 9.15. The van der Waals surface area contributed by atoms with Gasteiger partial charge in [-0.15, -0.1) is 0 Å². The van der Waals surface area contributed by atoms with Crippen LogP contribution in [0.5, 0.6) is 11.5 Å². The Hall–Kier alpha value is -2.33. The minimum atomic E-state index is -0.557. The second kappa shape index (κ2) is 4.40. The molecule has 0 saturated carbocycles. The van der Waals surface area contributed by atoms with Crippen molar-refractivity contribution in [1.82, 2.24) is 0 Å². The molecule has 94 valence electrons. The Labute approximate surface area is 113 Å². The van der Waals surface area contributed by atoms with Gasteiger partial charge in [-0.3, -0.25) is 19.4 Å². The quantitative estimate of drug-likeness (QED) is 0.490. The number of halogens is 1. The molecule has 2 aromatic rings. The lowest BCUT2D eigenvalue weighted by molar-refractivity contribution is -0.0849. The van der Waals surface area contributed by atoms with E-state index in [1.807, 2.05) is 0 Å². The summed E-state index contributed by atoms with van der Waals surface area (Å²) >= 11 is 5.35. The van der Waals surface area contributed by atoms with E-state index in [1.54, 1.807) is 30.3 Å². The number of hydrogen-bond acceptors (Lipinski definition) is 4. The molecule has 2 aromatic carbocycles. The van der Waals surface area contributed by atoms with Gasteiger partial charge in [-0.25, -0.2) is 0 Å². The molecule has 4 nitrogen and oxygen atoms in total. The maximum Gasteiger partial charge on any atom is 0.252 e. The normalized spacial score (nSPS) is 11.6. The van der Waals surface area contributed by atoms with Crippen LogP contribution in [0, 0.1) is 0 Å². The predicted molar refractivity (Wildman–Crippen MR) is 67.8 cm³/mol. The van der Waals surface area contributed by atoms with Gasteiger partial charge in [0.2, 0.25) is 0 Å². The molecule has 1 aliphatic heterocycles. The zero-order valence-corrected chi connectivity index (χ0v) is 10.3. The van der Waals surface area contributed by atoms with E-state index in [4.69, 9.17) is 21.4 Å². The Balaban J connectivity index is 1.94. The van der Waals surface area contributed by atoms with Crippen molar-refractivity contribution in [1.29, 1.82) is 0 Å². The fourth-order valence-corrected chi connectivity index (χ4v) is 1.94. The molecular weight excluding hydrogens is 268 g/mol. The lowest BCUT2D eigenvalue weighted by atomic mass is 10.0. The second-order valence-electron chi connectivity index (χ2n) is 4.00. The minimum Gasteiger partial charge on any atom is -0.290 e. The first-order valence-corrected chi connectivity index (χ1v) is 5.86. The largest absolute Gasteiger partial charge is 0.290 e. The zero-order valence-electron chi connectivity index (χ0n) is 9.55. The summed E-state index contributed by atoms with van der Waals surface area (Å²) in [5.74, 6) is 0.746. The van der Waals surface area contributed by atoms with E-state index in [1.165, 1.54) is 12.1 Å². The second-order valence-corrected chi connectivity index (χ2v) is 4.35. The number of benzene rings is 2. The Morgan fingerprint density at radius 1 is 0.895 bits per heavy atom. The van der Waals surface area contributed by atoms with Crippen LogP contribution in [0.3, 0.4) is 0 Å². The van der Waals surface area contributed by atoms with Gasteiger partial charge in [0.15, 0.2) is 17.3 Å². The van der Waals surface area contributed by atoms with Crippen LogP contribution in [-0.4, -0.2) is 11.0 Å². The molecule has 0 unspecified atom stereocenters. The molecule has 0 atom stereocenters. The van der Waals surface area contributed by atoms with Crippen molar-refractivity contribution < 1.29 is 19.4 Å². The van der Waals surface area contributed by atoms with Crippen LogP contribution >= 0.6 is 11.6 Å². The topological polar surface area (TPSA) is 52.6 Å². The van der Waals surface area contributed by atoms with Gasteiger partial charge in [0, 0.05) is 17.2 Å². The summed E-state index contributed by atoms with van der Waals surface area (Å²) in [6, 6.07) is 11.1. The molecule has 0 N–H and O–H groups in total. The first-order valence-electron chi connectivity index (χ1n) is 5.48. The molecule has 1 aliphatic rings. The summed E-state index contributed by atoms with van der Waals surface area (Å²) in [5, 5.41) is -0.557. The highest BCUT2D eigenvalue weighted by Gasteiger charge is 2.21. The smallest absolute Gasteiger partial charge is 0.252 e. The molecular formula is C14H7ClO4. The predicted octanol–water partition coefficient (Wildman–Crippen LogP) is 2.98. The molecule has 0 aromatic heterocycles. The van der Waals surface area contributed by atoms with Crippen molar-refractivity contribution in [3.8, 4) is 11.5 Å². The summed E-state index contributed by atoms with van der Waals surface area (Å²) in [4.78, 5) is 33.0. The first kappa shape index (κ1) is 11.7. The van der Waals surface area contributed by atoms with Crippen molar-refractivity contribution in [3.05, 3.63) is 59.2 Å². The number of fused-ring (bicyclic) bond motifs is 2. The molecule has 0 aliphatic carbocycles. The van der Waals surface area contributed by atoms with Gasteiger partial charge in [-0.1, -0.05) is 12.1 Å². The van der Waals surface area contributed by atoms with Gasteiger partial charge >= 0.3 is 0 Å². The van der Waals surface area contributed by atoms with Crippen LogP contribution in [0.1, 0.15) is 26.3 Å². The van der Waals surface area contributed by atoms with Crippen molar-refractivity contribution in [2.45, 2.75) is 0 Å². The molecule has 0 radical (unpaired) electrons. The van der Waals surface area contributed by atoms with E-state index in [0.29, 0.717) is 28.2 Å². The third kappa shape index (κ3) is 2.06. The lowest BCUT2D eigenvalue weighted by Gasteiger charge is -2.02. The summed E-state index contributed by atoms with van der Waals surface area (Å²) in [7, 11) is 0. The van der Waals surface area contributed by atoms with Crippen LogP contribution in [0.25, 0.3) is 0 Å². The summed E-state index contributed by atoms with van der Waals surface area (Å²) in [6.45, 7) is 0. The van der Waals surface area contributed by atoms with Crippen LogP contribution in [0.2, 0.25) is 0 Å². The minimum absolute atomic E-state index is 0.208. The Kier molecular flexibility index (Phi) is 2.72. The van der Waals surface area contributed by atoms with Gasteiger partial charge in [-0.2, -0.15) is 0 Å². The highest BCUT2D eigenvalue weighted by Crippen LogP contribution is 2.32. The highest BCUT2D eigenvalue weighted by molar-refractivity contribution is 6.67. The van der Waals surface area contributed by atoms with Crippen molar-refractivity contribution in [3.63, 3.8) is 0 Å². The molecule has 5 heteroatoms. The van der Waals surface area contributed by atoms with Gasteiger partial charge in [-0.05, 0) is 35.9 Å². The fraction of sp³-hybridized carbons (Fsp3) is 0. The van der Waals surface area contributed by atoms with Crippen molar-refractivity contribution in [2.24, 2.45) is 0 Å². The van der Waals surface area contributed by atoms with E-state index < -0.39 is 5.24 Å². The van der Waals surface area contributed by atoms with Gasteiger partial charge < -0.3 is 0 Å². The maximum absolute atomic E-state index is 12.3. The number of carbonyl (C=O) groups excluding carboxylic acids is 2. The van der Waals surface area contributed by atoms with Crippen LogP contribution < -0.4 is 9.78 Å². The average Bonchev–Trinajstić information content (AvgIpc) is 2.80. The number of rotatable bonds is 3. The molecule has 0 saturated heterocycles. The standard InChI is InChI=1S/C14H7ClO4/c15-14(17)9-3-1-8(2-4-9)13(16)11-6-5-10-7-12(11)19-18-10/h1-7H.